The summed E-state index contributed by atoms with van der Waals surface area (Å²) in [5.41, 5.74) is 4.54. The number of halogens is 2. The molecule has 0 amide bonds. The van der Waals surface area contributed by atoms with E-state index in [1.807, 2.05) is 13.1 Å². The first-order chi connectivity index (χ1) is 9.62. The van der Waals surface area contributed by atoms with Gasteiger partial charge in [0.15, 0.2) is 0 Å². The number of benzene rings is 1. The quantitative estimate of drug-likeness (QED) is 0.799. The molecule has 4 heteroatoms. The molecular weight excluding hydrogens is 305 g/mol. The fraction of sp³-hybridized carbons (Fsp3) is 0.412. The fourth-order valence-corrected chi connectivity index (χ4v) is 5.23. The zero-order valence-electron chi connectivity index (χ0n) is 12.2. The van der Waals surface area contributed by atoms with Crippen molar-refractivity contribution in [1.82, 2.24) is 5.32 Å². The highest BCUT2D eigenvalue weighted by Crippen LogP contribution is 2.59. The first-order valence-electron chi connectivity index (χ1n) is 7.22. The van der Waals surface area contributed by atoms with Crippen molar-refractivity contribution in [3.8, 4) is 0 Å². The topological polar surface area (TPSA) is 12.0 Å². The lowest BCUT2D eigenvalue weighted by atomic mass is 9.83. The van der Waals surface area contributed by atoms with Crippen molar-refractivity contribution in [2.45, 2.75) is 26.2 Å². The average Bonchev–Trinajstić information content (AvgIpc) is 3.06. The van der Waals surface area contributed by atoms with Crippen molar-refractivity contribution < 1.29 is 4.39 Å². The summed E-state index contributed by atoms with van der Waals surface area (Å²) < 4.78 is 14.4. The molecule has 2 bridgehead atoms. The Morgan fingerprint density at radius 2 is 2.19 bits per heavy atom. The zero-order chi connectivity index (χ0) is 13.9. The molecule has 0 aliphatic heterocycles. The van der Waals surface area contributed by atoms with Crippen LogP contribution in [0.25, 0.3) is 15.7 Å². The van der Waals surface area contributed by atoms with E-state index in [2.05, 4.69) is 17.6 Å². The average molecular weight is 324 g/mol. The van der Waals surface area contributed by atoms with E-state index in [0.29, 0.717) is 11.3 Å². The number of rotatable bonds is 2. The van der Waals surface area contributed by atoms with E-state index in [-0.39, 0.29) is 18.2 Å². The third kappa shape index (κ3) is 2.01. The highest BCUT2D eigenvalue weighted by atomic mass is 35.5. The van der Waals surface area contributed by atoms with Crippen LogP contribution < -0.4 is 5.32 Å². The van der Waals surface area contributed by atoms with Crippen molar-refractivity contribution in [1.29, 1.82) is 0 Å². The number of hydrogen-bond donors (Lipinski definition) is 1. The van der Waals surface area contributed by atoms with Crippen LogP contribution in [0.15, 0.2) is 29.3 Å². The van der Waals surface area contributed by atoms with Crippen molar-refractivity contribution in [3.05, 3.63) is 40.7 Å². The minimum Gasteiger partial charge on any atom is -0.391 e. The summed E-state index contributed by atoms with van der Waals surface area (Å²) in [6.07, 6.45) is 3.83. The van der Waals surface area contributed by atoms with Crippen LogP contribution in [0.1, 0.15) is 31.7 Å². The van der Waals surface area contributed by atoms with Crippen molar-refractivity contribution in [3.63, 3.8) is 0 Å². The molecule has 1 aromatic heterocycles. The first kappa shape index (κ1) is 14.9. The van der Waals surface area contributed by atoms with Crippen LogP contribution in [-0.2, 0) is 0 Å². The lowest BCUT2D eigenvalue weighted by molar-refractivity contribution is 0.404. The molecule has 0 unspecified atom stereocenters. The standard InChI is InChI=1S/C17H18FNS.ClH/c1-17-6-5-10(8-17)15(16(17)19-2)13-9-20-14-7-11(18)3-4-12(13)14;/h3-4,7,9-10,19H,5-6,8H2,1-2H3;1H/t10-,17+;/m0./s1. The Kier molecular flexibility index (Phi) is 3.53. The van der Waals surface area contributed by atoms with Crippen LogP contribution in [0.3, 0.4) is 0 Å². The SMILES string of the molecule is CNC1=C(c2csc3cc(F)ccc23)[C@H]2CC[C@]1(C)C2.Cl. The number of nitrogens with one attached hydrogen (secondary N) is 1. The molecule has 2 aromatic rings. The summed E-state index contributed by atoms with van der Waals surface area (Å²) in [7, 11) is 2.04. The van der Waals surface area contributed by atoms with Crippen LogP contribution in [0.2, 0.25) is 0 Å². The second-order valence-corrected chi connectivity index (χ2v) is 7.24. The summed E-state index contributed by atoms with van der Waals surface area (Å²) in [5, 5.41) is 6.87. The molecule has 1 nitrogen and oxygen atoms in total. The van der Waals surface area contributed by atoms with E-state index in [1.54, 1.807) is 23.5 Å². The number of fused-ring (bicyclic) bond motifs is 3. The summed E-state index contributed by atoms with van der Waals surface area (Å²) in [6, 6.07) is 5.16. The Hall–Kier alpha value is -1.06. The van der Waals surface area contributed by atoms with E-state index < -0.39 is 0 Å². The molecule has 2 aliphatic carbocycles. The van der Waals surface area contributed by atoms with Gasteiger partial charge in [-0.25, -0.2) is 4.39 Å². The monoisotopic (exact) mass is 323 g/mol. The van der Waals surface area contributed by atoms with Gasteiger partial charge >= 0.3 is 0 Å². The third-order valence-electron chi connectivity index (χ3n) is 5.10. The Morgan fingerprint density at radius 1 is 1.38 bits per heavy atom. The van der Waals surface area contributed by atoms with E-state index in [0.717, 1.165) is 4.70 Å². The van der Waals surface area contributed by atoms with Gasteiger partial charge in [-0.05, 0) is 53.8 Å². The molecule has 1 N–H and O–H groups in total. The second kappa shape index (κ2) is 4.99. The lowest BCUT2D eigenvalue weighted by Crippen LogP contribution is -2.23. The Bertz CT molecular complexity index is 735. The molecular formula is C17H19ClFNS. The third-order valence-corrected chi connectivity index (χ3v) is 6.05. The molecule has 2 atom stereocenters. The molecule has 112 valence electrons. The van der Waals surface area contributed by atoms with E-state index in [1.165, 1.54) is 41.5 Å². The van der Waals surface area contributed by atoms with E-state index in [9.17, 15) is 4.39 Å². The van der Waals surface area contributed by atoms with E-state index in [4.69, 9.17) is 0 Å². The molecule has 0 radical (unpaired) electrons. The second-order valence-electron chi connectivity index (χ2n) is 6.33. The van der Waals surface area contributed by atoms with Gasteiger partial charge in [0.1, 0.15) is 5.82 Å². The highest BCUT2D eigenvalue weighted by Gasteiger charge is 2.48. The molecule has 1 fully saturated rings. The summed E-state index contributed by atoms with van der Waals surface area (Å²) >= 11 is 1.65. The van der Waals surface area contributed by atoms with Gasteiger partial charge in [0.05, 0.1) is 0 Å². The molecule has 21 heavy (non-hydrogen) atoms. The van der Waals surface area contributed by atoms with Gasteiger partial charge < -0.3 is 5.32 Å². The largest absolute Gasteiger partial charge is 0.391 e. The number of thiophene rings is 1. The van der Waals surface area contributed by atoms with Gasteiger partial charge in [-0.15, -0.1) is 23.7 Å². The normalized spacial score (nSPS) is 27.3. The highest BCUT2D eigenvalue weighted by molar-refractivity contribution is 7.17. The Balaban J connectivity index is 0.00000132. The smallest absolute Gasteiger partial charge is 0.124 e. The van der Waals surface area contributed by atoms with Crippen LogP contribution in [0, 0.1) is 17.2 Å². The first-order valence-corrected chi connectivity index (χ1v) is 8.10. The molecule has 1 aromatic carbocycles. The number of hydrogen-bond acceptors (Lipinski definition) is 2. The maximum atomic E-state index is 13.4. The number of allylic oxidation sites excluding steroid dienone is 2. The van der Waals surface area contributed by atoms with Crippen LogP contribution in [0.5, 0.6) is 0 Å². The fourth-order valence-electron chi connectivity index (χ4n) is 4.25. The summed E-state index contributed by atoms with van der Waals surface area (Å²) in [4.78, 5) is 0. The van der Waals surface area contributed by atoms with Crippen molar-refractivity contribution in [2.75, 3.05) is 7.05 Å². The summed E-state index contributed by atoms with van der Waals surface area (Å²) in [6.45, 7) is 2.38. The van der Waals surface area contributed by atoms with Crippen LogP contribution >= 0.6 is 23.7 Å². The predicted octanol–water partition coefficient (Wildman–Crippen LogP) is 5.21. The Morgan fingerprint density at radius 3 is 2.95 bits per heavy atom. The Labute approximate surface area is 134 Å². The summed E-state index contributed by atoms with van der Waals surface area (Å²) in [5.74, 6) is 0.527. The minimum atomic E-state index is -0.145. The minimum absolute atomic E-state index is 0. The van der Waals surface area contributed by atoms with Gasteiger partial charge in [0, 0.05) is 28.2 Å². The van der Waals surface area contributed by atoms with Crippen molar-refractivity contribution >= 4 is 39.4 Å². The molecule has 1 saturated carbocycles. The van der Waals surface area contributed by atoms with Gasteiger partial charge in [0.25, 0.3) is 0 Å². The van der Waals surface area contributed by atoms with Gasteiger partial charge in [-0.2, -0.15) is 0 Å². The zero-order valence-corrected chi connectivity index (χ0v) is 13.8. The van der Waals surface area contributed by atoms with Crippen LogP contribution in [-0.4, -0.2) is 7.05 Å². The molecule has 1 heterocycles. The predicted molar refractivity (Wildman–Crippen MR) is 90.5 cm³/mol. The van der Waals surface area contributed by atoms with Gasteiger partial charge in [-0.3, -0.25) is 0 Å². The van der Waals surface area contributed by atoms with Crippen LogP contribution in [0.4, 0.5) is 4.39 Å². The molecule has 2 aliphatic rings. The van der Waals surface area contributed by atoms with Gasteiger partial charge in [-0.1, -0.05) is 13.0 Å². The molecule has 0 spiro atoms. The van der Waals surface area contributed by atoms with E-state index >= 15 is 0 Å². The molecule has 0 saturated heterocycles. The molecule has 4 rings (SSSR count). The lowest BCUT2D eigenvalue weighted by Gasteiger charge is -2.27. The maximum Gasteiger partial charge on any atom is 0.124 e. The van der Waals surface area contributed by atoms with Crippen molar-refractivity contribution in [2.24, 2.45) is 11.3 Å². The van der Waals surface area contributed by atoms with Gasteiger partial charge in [0.2, 0.25) is 0 Å². The maximum absolute atomic E-state index is 13.4.